The van der Waals surface area contributed by atoms with Crippen LogP contribution in [0.2, 0.25) is 0 Å². The molecule has 0 bridgehead atoms. The number of hydrogen-bond donors (Lipinski definition) is 3. The van der Waals surface area contributed by atoms with Crippen LogP contribution in [0.4, 0.5) is 0 Å². The molecule has 4 N–H and O–H groups in total. The van der Waals surface area contributed by atoms with Gasteiger partial charge in [-0.3, -0.25) is 9.35 Å². The molecule has 0 spiro atoms. The molecular formula is C8H17N3O3S. The third-order valence-corrected chi connectivity index (χ3v) is 3.19. The molecule has 7 heteroatoms. The Morgan fingerprint density at radius 2 is 2.40 bits per heavy atom. The predicted octanol–water partition coefficient (Wildman–Crippen LogP) is -1.09. The van der Waals surface area contributed by atoms with E-state index >= 15 is 0 Å². The smallest absolute Gasteiger partial charge is 0.234 e. The molecule has 0 aliphatic carbocycles. The molecule has 2 atom stereocenters. The van der Waals surface area contributed by atoms with Gasteiger partial charge < -0.3 is 11.1 Å². The van der Waals surface area contributed by atoms with Crippen molar-refractivity contribution in [2.75, 3.05) is 26.2 Å². The summed E-state index contributed by atoms with van der Waals surface area (Å²) in [4.78, 5) is 11.6. The van der Waals surface area contributed by atoms with Crippen molar-refractivity contribution in [2.24, 2.45) is 11.7 Å². The van der Waals surface area contributed by atoms with Gasteiger partial charge in [0.25, 0.3) is 0 Å². The Labute approximate surface area is 91.6 Å². The summed E-state index contributed by atoms with van der Waals surface area (Å²) in [5, 5.41) is 2.69. The van der Waals surface area contributed by atoms with E-state index < -0.39 is 11.3 Å². The monoisotopic (exact) mass is 235 g/mol. The van der Waals surface area contributed by atoms with Crippen LogP contribution in [-0.4, -0.2) is 45.2 Å². The van der Waals surface area contributed by atoms with Gasteiger partial charge in [-0.05, 0) is 12.8 Å². The van der Waals surface area contributed by atoms with Gasteiger partial charge in [0.1, 0.15) is 0 Å². The Morgan fingerprint density at radius 1 is 1.67 bits per heavy atom. The Morgan fingerprint density at radius 3 is 3.00 bits per heavy atom. The fraction of sp³-hybridized carbons (Fsp3) is 0.875. The second-order valence-electron chi connectivity index (χ2n) is 3.54. The van der Waals surface area contributed by atoms with Crippen molar-refractivity contribution in [1.29, 1.82) is 0 Å². The zero-order valence-corrected chi connectivity index (χ0v) is 9.33. The zero-order chi connectivity index (χ0) is 11.3. The quantitative estimate of drug-likeness (QED) is 0.539. The van der Waals surface area contributed by atoms with Crippen molar-refractivity contribution < 1.29 is 13.6 Å². The van der Waals surface area contributed by atoms with Crippen LogP contribution in [0.3, 0.4) is 0 Å². The lowest BCUT2D eigenvalue weighted by Crippen LogP contribution is -2.44. The Bertz CT molecular complexity index is 249. The third-order valence-electron chi connectivity index (χ3n) is 2.42. The van der Waals surface area contributed by atoms with Crippen molar-refractivity contribution in [2.45, 2.75) is 12.8 Å². The Kier molecular flexibility index (Phi) is 5.16. The highest BCUT2D eigenvalue weighted by atomic mass is 32.2. The van der Waals surface area contributed by atoms with E-state index in [-0.39, 0.29) is 11.8 Å². The van der Waals surface area contributed by atoms with Crippen molar-refractivity contribution in [1.82, 2.24) is 9.62 Å². The summed E-state index contributed by atoms with van der Waals surface area (Å²) < 4.78 is 21.1. The van der Waals surface area contributed by atoms with E-state index in [0.717, 1.165) is 12.8 Å². The van der Waals surface area contributed by atoms with Crippen LogP contribution in [0.1, 0.15) is 12.8 Å². The predicted molar refractivity (Wildman–Crippen MR) is 57.1 cm³/mol. The van der Waals surface area contributed by atoms with E-state index in [1.54, 1.807) is 0 Å². The second kappa shape index (κ2) is 6.16. The molecule has 88 valence electrons. The highest BCUT2D eigenvalue weighted by Crippen LogP contribution is 2.17. The highest BCUT2D eigenvalue weighted by molar-refractivity contribution is 7.76. The number of nitrogens with two attached hydrogens (primary N) is 1. The summed E-state index contributed by atoms with van der Waals surface area (Å²) in [6, 6.07) is 0. The van der Waals surface area contributed by atoms with Crippen LogP contribution >= 0.6 is 0 Å². The molecular weight excluding hydrogens is 218 g/mol. The van der Waals surface area contributed by atoms with Gasteiger partial charge in [0.2, 0.25) is 17.2 Å². The van der Waals surface area contributed by atoms with Gasteiger partial charge in [-0.2, -0.15) is 0 Å². The lowest BCUT2D eigenvalue weighted by atomic mass is 9.99. The number of rotatable bonds is 4. The first-order valence-electron chi connectivity index (χ1n) is 4.99. The van der Waals surface area contributed by atoms with Crippen molar-refractivity contribution in [3.8, 4) is 0 Å². The first-order valence-corrected chi connectivity index (χ1v) is 6.05. The highest BCUT2D eigenvalue weighted by Gasteiger charge is 2.27. The van der Waals surface area contributed by atoms with Gasteiger partial charge in [0.05, 0.1) is 5.92 Å². The number of nitrogens with one attached hydrogen (secondary N) is 1. The van der Waals surface area contributed by atoms with Crippen LogP contribution in [-0.2, 0) is 16.1 Å². The minimum Gasteiger partial charge on any atom is -0.355 e. The molecule has 1 aliphatic rings. The maximum absolute atomic E-state index is 11.6. The van der Waals surface area contributed by atoms with E-state index in [2.05, 4.69) is 5.32 Å². The summed E-state index contributed by atoms with van der Waals surface area (Å²) in [5.41, 5.74) is 5.27. The van der Waals surface area contributed by atoms with Crippen LogP contribution in [0, 0.1) is 5.92 Å². The van der Waals surface area contributed by atoms with Crippen LogP contribution in [0.25, 0.3) is 0 Å². The summed E-state index contributed by atoms with van der Waals surface area (Å²) in [5.74, 6) is -0.267. The summed E-state index contributed by atoms with van der Waals surface area (Å²) in [6.45, 7) is 1.79. The van der Waals surface area contributed by atoms with Crippen LogP contribution < -0.4 is 11.1 Å². The largest absolute Gasteiger partial charge is 0.355 e. The molecule has 1 unspecified atom stereocenters. The van der Waals surface area contributed by atoms with Gasteiger partial charge in [-0.1, -0.05) is 0 Å². The molecule has 0 aromatic rings. The normalized spacial score (nSPS) is 24.8. The molecule has 15 heavy (non-hydrogen) atoms. The first kappa shape index (κ1) is 12.6. The van der Waals surface area contributed by atoms with E-state index in [1.165, 1.54) is 4.31 Å². The molecule has 1 amide bonds. The van der Waals surface area contributed by atoms with E-state index in [4.69, 9.17) is 10.3 Å². The van der Waals surface area contributed by atoms with Gasteiger partial charge in [0.15, 0.2) is 0 Å². The summed E-state index contributed by atoms with van der Waals surface area (Å²) in [7, 11) is 0. The van der Waals surface area contributed by atoms with Gasteiger partial charge >= 0.3 is 0 Å². The van der Waals surface area contributed by atoms with E-state index in [9.17, 15) is 9.00 Å². The Hall–Kier alpha value is -0.500. The topological polar surface area (TPSA) is 95.7 Å². The lowest BCUT2D eigenvalue weighted by molar-refractivity contribution is -0.126. The standard InChI is InChI=1S/C8H17N3O3S/c9-3-4-10-8(12)7-2-1-5-11(6-7)15(13)14/h7H,1-6,9H2,(H,10,12)(H,13,14)/t7-/m1/s1. The molecule has 1 fully saturated rings. The molecule has 0 saturated carbocycles. The van der Waals surface area contributed by atoms with Crippen molar-refractivity contribution >= 4 is 17.2 Å². The molecule has 1 saturated heterocycles. The van der Waals surface area contributed by atoms with Gasteiger partial charge in [-0.25, -0.2) is 8.51 Å². The number of carbonyl (C=O) groups excluding carboxylic acids is 1. The van der Waals surface area contributed by atoms with Crippen LogP contribution in [0.15, 0.2) is 0 Å². The third kappa shape index (κ3) is 3.86. The summed E-state index contributed by atoms with van der Waals surface area (Å²) >= 11 is -1.97. The molecule has 0 aromatic carbocycles. The first-order chi connectivity index (χ1) is 7.15. The SMILES string of the molecule is NCCNC(=O)[C@@H]1CCCN(S(=O)O)C1. The average Bonchev–Trinajstić information content (AvgIpc) is 2.26. The number of hydrogen-bond acceptors (Lipinski definition) is 3. The minimum atomic E-state index is -1.97. The molecule has 0 radical (unpaired) electrons. The van der Waals surface area contributed by atoms with Gasteiger partial charge in [-0.15, -0.1) is 0 Å². The molecule has 6 nitrogen and oxygen atoms in total. The molecule has 1 aliphatic heterocycles. The molecule has 1 rings (SSSR count). The van der Waals surface area contributed by atoms with Gasteiger partial charge in [0, 0.05) is 26.2 Å². The number of carbonyl (C=O) groups is 1. The fourth-order valence-electron chi connectivity index (χ4n) is 1.64. The molecule has 0 aromatic heterocycles. The van der Waals surface area contributed by atoms with Crippen molar-refractivity contribution in [3.63, 3.8) is 0 Å². The number of amides is 1. The second-order valence-corrected chi connectivity index (χ2v) is 4.52. The van der Waals surface area contributed by atoms with E-state index in [1.807, 2.05) is 0 Å². The maximum Gasteiger partial charge on any atom is 0.234 e. The summed E-state index contributed by atoms with van der Waals surface area (Å²) in [6.07, 6.45) is 1.54. The number of nitrogens with zero attached hydrogens (tertiary/aromatic N) is 1. The number of piperidine rings is 1. The van der Waals surface area contributed by atoms with Crippen LogP contribution in [0.5, 0.6) is 0 Å². The lowest BCUT2D eigenvalue weighted by Gasteiger charge is -2.28. The van der Waals surface area contributed by atoms with E-state index in [0.29, 0.717) is 26.2 Å². The minimum absolute atomic E-state index is 0.0735. The fourth-order valence-corrected chi connectivity index (χ4v) is 2.23. The van der Waals surface area contributed by atoms with Crippen molar-refractivity contribution in [3.05, 3.63) is 0 Å². The molecule has 1 heterocycles. The average molecular weight is 235 g/mol. The Balaban J connectivity index is 2.41. The maximum atomic E-state index is 11.6. The zero-order valence-electron chi connectivity index (χ0n) is 8.52.